The minimum Gasteiger partial charge on any atom is -0.478 e. The van der Waals surface area contributed by atoms with Crippen LogP contribution >= 0.6 is 22.9 Å². The van der Waals surface area contributed by atoms with Crippen molar-refractivity contribution in [1.82, 2.24) is 14.8 Å². The van der Waals surface area contributed by atoms with Gasteiger partial charge in [-0.25, -0.2) is 4.98 Å². The van der Waals surface area contributed by atoms with Crippen molar-refractivity contribution in [2.24, 2.45) is 0 Å². The highest BCUT2D eigenvalue weighted by atomic mass is 35.5. The summed E-state index contributed by atoms with van der Waals surface area (Å²) >= 11 is 7.39. The smallest absolute Gasteiger partial charge is 0.269 e. The van der Waals surface area contributed by atoms with Gasteiger partial charge < -0.3 is 10.1 Å². The fraction of sp³-hybridized carbons (Fsp3) is 0.208. The minimum atomic E-state index is -1.12. The molecular formula is C24H23ClN4O2S. The first-order chi connectivity index (χ1) is 15.2. The van der Waals surface area contributed by atoms with Crippen molar-refractivity contribution in [3.8, 4) is 22.1 Å². The van der Waals surface area contributed by atoms with E-state index in [0.717, 1.165) is 17.0 Å². The van der Waals surface area contributed by atoms with E-state index in [1.54, 1.807) is 42.8 Å². The van der Waals surface area contributed by atoms with Crippen LogP contribution < -0.4 is 10.1 Å². The zero-order valence-corrected chi connectivity index (χ0v) is 19.8. The first-order valence-corrected chi connectivity index (χ1v) is 11.3. The molecule has 6 nitrogen and oxygen atoms in total. The summed E-state index contributed by atoms with van der Waals surface area (Å²) < 4.78 is 7.55. The number of halogens is 1. The van der Waals surface area contributed by atoms with Crippen molar-refractivity contribution >= 4 is 34.7 Å². The van der Waals surface area contributed by atoms with E-state index in [2.05, 4.69) is 29.5 Å². The van der Waals surface area contributed by atoms with E-state index in [-0.39, 0.29) is 5.91 Å². The maximum absolute atomic E-state index is 13.0. The number of ether oxygens (including phenoxy) is 1. The summed E-state index contributed by atoms with van der Waals surface area (Å²) in [6.45, 7) is 7.35. The van der Waals surface area contributed by atoms with E-state index in [1.807, 2.05) is 30.5 Å². The summed E-state index contributed by atoms with van der Waals surface area (Å²) in [5.41, 5.74) is 2.74. The molecule has 0 radical (unpaired) electrons. The highest BCUT2D eigenvalue weighted by molar-refractivity contribution is 7.12. The Labute approximate surface area is 195 Å². The van der Waals surface area contributed by atoms with E-state index in [0.29, 0.717) is 21.7 Å². The number of hydrogen-bond acceptors (Lipinski definition) is 5. The van der Waals surface area contributed by atoms with Gasteiger partial charge in [-0.3, -0.25) is 4.79 Å². The number of nitrogens with one attached hydrogen (secondary N) is 1. The molecule has 0 spiro atoms. The zero-order valence-electron chi connectivity index (χ0n) is 18.2. The van der Waals surface area contributed by atoms with Crippen molar-refractivity contribution in [3.63, 3.8) is 0 Å². The van der Waals surface area contributed by atoms with Gasteiger partial charge in [0.25, 0.3) is 5.91 Å². The largest absolute Gasteiger partial charge is 0.478 e. The number of hydrogen-bond donors (Lipinski definition) is 1. The quantitative estimate of drug-likeness (QED) is 0.375. The Morgan fingerprint density at radius 1 is 1.09 bits per heavy atom. The van der Waals surface area contributed by atoms with Gasteiger partial charge in [-0.1, -0.05) is 41.4 Å². The lowest BCUT2D eigenvalue weighted by molar-refractivity contribution is -0.128. The number of thiazole rings is 1. The number of benzene rings is 2. The molecule has 0 aliphatic heterocycles. The Hall–Kier alpha value is -3.16. The van der Waals surface area contributed by atoms with Crippen LogP contribution in [-0.4, -0.2) is 26.3 Å². The average molecular weight is 467 g/mol. The predicted molar refractivity (Wildman–Crippen MR) is 129 cm³/mol. The van der Waals surface area contributed by atoms with Gasteiger partial charge in [0.2, 0.25) is 5.13 Å². The topological polar surface area (TPSA) is 69.0 Å². The normalized spacial score (nSPS) is 11.4. The Bertz CT molecular complexity index is 1240. The third kappa shape index (κ3) is 4.84. The molecule has 2 aromatic carbocycles. The number of aromatic nitrogens is 3. The second-order valence-electron chi connectivity index (χ2n) is 7.98. The number of carbonyl (C=O) groups is 1. The maximum atomic E-state index is 13.0. The molecule has 8 heteroatoms. The third-order valence-corrected chi connectivity index (χ3v) is 5.90. The van der Waals surface area contributed by atoms with Gasteiger partial charge in [0.15, 0.2) is 5.60 Å². The molecule has 164 valence electrons. The lowest BCUT2D eigenvalue weighted by Crippen LogP contribution is -2.42. The SMILES string of the molecule is Cc1ccc(-c2csc(-n3nc(C)cc3NC(=O)C(C)(C)Oc3ccc(Cl)cc3)n2)cc1. The van der Waals surface area contributed by atoms with Crippen molar-refractivity contribution in [1.29, 1.82) is 0 Å². The predicted octanol–water partition coefficient (Wildman–Crippen LogP) is 6.06. The summed E-state index contributed by atoms with van der Waals surface area (Å²) in [7, 11) is 0. The average Bonchev–Trinajstić information content (AvgIpc) is 3.37. The Balaban J connectivity index is 1.55. The third-order valence-electron chi connectivity index (χ3n) is 4.83. The lowest BCUT2D eigenvalue weighted by atomic mass is 10.1. The minimum absolute atomic E-state index is 0.302. The van der Waals surface area contributed by atoms with Crippen LogP contribution in [0.1, 0.15) is 25.1 Å². The molecule has 0 saturated carbocycles. The molecular weight excluding hydrogens is 444 g/mol. The van der Waals surface area contributed by atoms with E-state index in [1.165, 1.54) is 16.9 Å². The van der Waals surface area contributed by atoms with Crippen LogP contribution in [0.4, 0.5) is 5.82 Å². The van der Waals surface area contributed by atoms with Crippen LogP contribution in [0, 0.1) is 13.8 Å². The highest BCUT2D eigenvalue weighted by Crippen LogP contribution is 2.28. The van der Waals surface area contributed by atoms with Gasteiger partial charge in [0.1, 0.15) is 11.6 Å². The van der Waals surface area contributed by atoms with Gasteiger partial charge in [-0.2, -0.15) is 9.78 Å². The molecule has 2 aromatic heterocycles. The molecule has 0 unspecified atom stereocenters. The van der Waals surface area contributed by atoms with Crippen LogP contribution in [0.25, 0.3) is 16.4 Å². The van der Waals surface area contributed by atoms with E-state index in [4.69, 9.17) is 21.3 Å². The van der Waals surface area contributed by atoms with Gasteiger partial charge in [-0.15, -0.1) is 11.3 Å². The Morgan fingerprint density at radius 2 is 1.78 bits per heavy atom. The zero-order chi connectivity index (χ0) is 22.9. The van der Waals surface area contributed by atoms with Crippen LogP contribution in [-0.2, 0) is 4.79 Å². The fourth-order valence-electron chi connectivity index (χ4n) is 3.06. The monoisotopic (exact) mass is 466 g/mol. The molecule has 0 bridgehead atoms. The molecule has 0 aliphatic rings. The molecule has 0 atom stereocenters. The van der Waals surface area contributed by atoms with Gasteiger partial charge in [0, 0.05) is 22.0 Å². The number of amides is 1. The van der Waals surface area contributed by atoms with E-state index >= 15 is 0 Å². The first kappa shape index (κ1) is 22.0. The summed E-state index contributed by atoms with van der Waals surface area (Å²) in [6.07, 6.45) is 0. The molecule has 4 rings (SSSR count). The molecule has 0 saturated heterocycles. The number of anilines is 1. The van der Waals surface area contributed by atoms with Crippen molar-refractivity contribution in [2.75, 3.05) is 5.32 Å². The van der Waals surface area contributed by atoms with Crippen LogP contribution in [0.5, 0.6) is 5.75 Å². The molecule has 0 fully saturated rings. The molecule has 0 aliphatic carbocycles. The van der Waals surface area contributed by atoms with Crippen molar-refractivity contribution in [2.45, 2.75) is 33.3 Å². The van der Waals surface area contributed by atoms with Gasteiger partial charge in [0.05, 0.1) is 11.4 Å². The number of nitrogens with zero attached hydrogens (tertiary/aromatic N) is 3. The number of aryl methyl sites for hydroxylation is 2. The molecule has 1 amide bonds. The van der Waals surface area contributed by atoms with E-state index in [9.17, 15) is 4.79 Å². The summed E-state index contributed by atoms with van der Waals surface area (Å²) in [5.74, 6) is 0.788. The Morgan fingerprint density at radius 3 is 2.47 bits per heavy atom. The number of rotatable bonds is 6. The highest BCUT2D eigenvalue weighted by Gasteiger charge is 2.31. The maximum Gasteiger partial charge on any atom is 0.269 e. The summed E-state index contributed by atoms with van der Waals surface area (Å²) in [5, 5.41) is 10.7. The van der Waals surface area contributed by atoms with Gasteiger partial charge >= 0.3 is 0 Å². The second kappa shape index (κ2) is 8.76. The first-order valence-electron chi connectivity index (χ1n) is 10.1. The molecule has 32 heavy (non-hydrogen) atoms. The van der Waals surface area contributed by atoms with Crippen molar-refractivity contribution in [3.05, 3.63) is 76.3 Å². The second-order valence-corrected chi connectivity index (χ2v) is 9.26. The van der Waals surface area contributed by atoms with Crippen molar-refractivity contribution < 1.29 is 9.53 Å². The molecule has 4 aromatic rings. The standard InChI is InChI=1S/C24H23ClN4O2S/c1-15-5-7-17(8-6-15)20-14-32-23(26-20)29-21(13-16(2)28-29)27-22(30)24(3,4)31-19-11-9-18(25)10-12-19/h5-14H,1-4H3,(H,27,30). The molecule has 1 N–H and O–H groups in total. The van der Waals surface area contributed by atoms with E-state index < -0.39 is 5.60 Å². The summed E-state index contributed by atoms with van der Waals surface area (Å²) in [4.78, 5) is 17.8. The Kier molecular flexibility index (Phi) is 6.04. The van der Waals surface area contributed by atoms with Crippen LogP contribution in [0.3, 0.4) is 0 Å². The molecule has 2 heterocycles. The van der Waals surface area contributed by atoms with Gasteiger partial charge in [-0.05, 0) is 52.0 Å². The lowest BCUT2D eigenvalue weighted by Gasteiger charge is -2.25. The van der Waals surface area contributed by atoms with Crippen LogP contribution in [0.15, 0.2) is 60.0 Å². The summed E-state index contributed by atoms with van der Waals surface area (Å²) in [6, 6.07) is 16.9. The number of carbonyl (C=O) groups excluding carboxylic acids is 1. The fourth-order valence-corrected chi connectivity index (χ4v) is 3.99. The van der Waals surface area contributed by atoms with Crippen LogP contribution in [0.2, 0.25) is 5.02 Å².